The molecule has 0 aliphatic carbocycles. The third kappa shape index (κ3) is 3.26. The minimum Gasteiger partial charge on any atom is -0.316 e. The van der Waals surface area contributed by atoms with Crippen molar-refractivity contribution in [3.05, 3.63) is 72.2 Å². The first kappa shape index (κ1) is 13.7. The van der Waals surface area contributed by atoms with E-state index in [-0.39, 0.29) is 0 Å². The van der Waals surface area contributed by atoms with Crippen molar-refractivity contribution < 1.29 is 0 Å². The molecule has 1 aromatic carbocycles. The highest BCUT2D eigenvalue weighted by atomic mass is 14.9. The van der Waals surface area contributed by atoms with Gasteiger partial charge >= 0.3 is 0 Å². The van der Waals surface area contributed by atoms with E-state index < -0.39 is 0 Å². The van der Waals surface area contributed by atoms with E-state index >= 15 is 0 Å². The fraction of sp³-hybridized carbons (Fsp3) is 0.222. The summed E-state index contributed by atoms with van der Waals surface area (Å²) in [6, 6.07) is 14.9. The van der Waals surface area contributed by atoms with Crippen molar-refractivity contribution in [2.75, 3.05) is 7.05 Å². The zero-order chi connectivity index (χ0) is 14.5. The summed E-state index contributed by atoms with van der Waals surface area (Å²) in [5.41, 5.74) is 3.66. The number of para-hydroxylation sites is 1. The Morgan fingerprint density at radius 2 is 1.90 bits per heavy atom. The van der Waals surface area contributed by atoms with Crippen LogP contribution in [0.2, 0.25) is 0 Å². The largest absolute Gasteiger partial charge is 0.316 e. The lowest BCUT2D eigenvalue weighted by molar-refractivity contribution is 0.557. The molecule has 2 heterocycles. The summed E-state index contributed by atoms with van der Waals surface area (Å²) in [4.78, 5) is 8.62. The van der Waals surface area contributed by atoms with E-state index in [9.17, 15) is 0 Å². The van der Waals surface area contributed by atoms with Crippen LogP contribution in [0.1, 0.15) is 11.1 Å². The number of fused-ring (bicyclic) bond motifs is 1. The van der Waals surface area contributed by atoms with E-state index in [1.807, 2.05) is 37.8 Å². The molecule has 3 nitrogen and oxygen atoms in total. The van der Waals surface area contributed by atoms with Gasteiger partial charge in [0, 0.05) is 30.0 Å². The van der Waals surface area contributed by atoms with E-state index in [1.165, 1.54) is 16.5 Å². The van der Waals surface area contributed by atoms with Crippen LogP contribution in [0.4, 0.5) is 0 Å². The second-order valence-corrected chi connectivity index (χ2v) is 5.24. The van der Waals surface area contributed by atoms with E-state index in [4.69, 9.17) is 0 Å². The predicted molar refractivity (Wildman–Crippen MR) is 86.2 cm³/mol. The van der Waals surface area contributed by atoms with Crippen molar-refractivity contribution in [1.82, 2.24) is 15.3 Å². The molecule has 106 valence electrons. The molecular formula is C18H19N3. The maximum absolute atomic E-state index is 4.43. The fourth-order valence-electron chi connectivity index (χ4n) is 2.68. The highest BCUT2D eigenvalue weighted by Crippen LogP contribution is 2.18. The van der Waals surface area contributed by atoms with E-state index in [0.29, 0.717) is 6.04 Å². The number of nitrogens with zero attached hydrogens (tertiary/aromatic N) is 2. The van der Waals surface area contributed by atoms with Gasteiger partial charge in [0.15, 0.2) is 0 Å². The minimum atomic E-state index is 0.389. The smallest absolute Gasteiger partial charge is 0.0704 e. The molecular weight excluding hydrogens is 258 g/mol. The maximum Gasteiger partial charge on any atom is 0.0704 e. The summed E-state index contributed by atoms with van der Waals surface area (Å²) in [6.45, 7) is 0. The Morgan fingerprint density at radius 1 is 1.00 bits per heavy atom. The number of benzene rings is 1. The van der Waals surface area contributed by atoms with Gasteiger partial charge in [-0.3, -0.25) is 9.97 Å². The van der Waals surface area contributed by atoms with Crippen LogP contribution in [0.15, 0.2) is 61.1 Å². The summed E-state index contributed by atoms with van der Waals surface area (Å²) in [6.07, 6.45) is 7.60. The number of hydrogen-bond donors (Lipinski definition) is 1. The van der Waals surface area contributed by atoms with Gasteiger partial charge in [0.05, 0.1) is 5.52 Å². The van der Waals surface area contributed by atoms with E-state index in [0.717, 1.165) is 18.4 Å². The Labute approximate surface area is 125 Å². The molecule has 0 radical (unpaired) electrons. The molecule has 0 spiro atoms. The Hall–Kier alpha value is -2.26. The number of likely N-dealkylation sites (N-methyl/N-ethyl adjacent to an activating group) is 1. The number of hydrogen-bond acceptors (Lipinski definition) is 3. The molecule has 1 N–H and O–H groups in total. The lowest BCUT2D eigenvalue weighted by atomic mass is 9.97. The number of aromatic nitrogens is 2. The molecule has 0 fully saturated rings. The Morgan fingerprint density at radius 3 is 2.71 bits per heavy atom. The highest BCUT2D eigenvalue weighted by Gasteiger charge is 2.11. The third-order valence-electron chi connectivity index (χ3n) is 3.82. The summed E-state index contributed by atoms with van der Waals surface area (Å²) in [5, 5.41) is 4.66. The predicted octanol–water partition coefficient (Wildman–Crippen LogP) is 3.00. The SMILES string of the molecule is CNC(Cc1cccnc1)Cc1ccnc2ccccc12. The van der Waals surface area contributed by atoms with Gasteiger partial charge in [0.1, 0.15) is 0 Å². The first-order chi connectivity index (χ1) is 10.4. The lowest BCUT2D eigenvalue weighted by Crippen LogP contribution is -2.30. The molecule has 3 heteroatoms. The maximum atomic E-state index is 4.43. The van der Waals surface area contributed by atoms with Crippen LogP contribution in [0, 0.1) is 0 Å². The summed E-state index contributed by atoms with van der Waals surface area (Å²) in [5.74, 6) is 0. The first-order valence-corrected chi connectivity index (χ1v) is 7.25. The molecule has 3 rings (SSSR count). The number of pyridine rings is 2. The average Bonchev–Trinajstić information content (AvgIpc) is 2.55. The average molecular weight is 277 g/mol. The van der Waals surface area contributed by atoms with Crippen molar-refractivity contribution in [3.8, 4) is 0 Å². The van der Waals surface area contributed by atoms with E-state index in [1.54, 1.807) is 0 Å². The second-order valence-electron chi connectivity index (χ2n) is 5.24. The van der Waals surface area contributed by atoms with Crippen LogP contribution < -0.4 is 5.32 Å². The molecule has 3 aromatic rings. The summed E-state index contributed by atoms with van der Waals surface area (Å²) < 4.78 is 0. The van der Waals surface area contributed by atoms with Gasteiger partial charge in [-0.25, -0.2) is 0 Å². The normalized spacial score (nSPS) is 12.4. The topological polar surface area (TPSA) is 37.8 Å². The van der Waals surface area contributed by atoms with Gasteiger partial charge in [-0.2, -0.15) is 0 Å². The van der Waals surface area contributed by atoms with Crippen LogP contribution in [-0.2, 0) is 12.8 Å². The standard InChI is InChI=1S/C18H19N3/c1-19-16(11-14-5-4-9-20-13-14)12-15-8-10-21-18-7-3-2-6-17(15)18/h2-10,13,16,19H,11-12H2,1H3. The zero-order valence-corrected chi connectivity index (χ0v) is 12.2. The molecule has 21 heavy (non-hydrogen) atoms. The van der Waals surface area contributed by atoms with Crippen molar-refractivity contribution in [2.45, 2.75) is 18.9 Å². The summed E-state index contributed by atoms with van der Waals surface area (Å²) in [7, 11) is 2.02. The van der Waals surface area contributed by atoms with Gasteiger partial charge in [0.2, 0.25) is 0 Å². The van der Waals surface area contributed by atoms with Crippen molar-refractivity contribution in [1.29, 1.82) is 0 Å². The highest BCUT2D eigenvalue weighted by molar-refractivity contribution is 5.81. The van der Waals surface area contributed by atoms with Crippen LogP contribution in [0.25, 0.3) is 10.9 Å². The molecule has 0 saturated heterocycles. The molecule has 0 amide bonds. The van der Waals surface area contributed by atoms with Gasteiger partial charge in [-0.05, 0) is 49.2 Å². The van der Waals surface area contributed by atoms with Crippen molar-refractivity contribution >= 4 is 10.9 Å². The lowest BCUT2D eigenvalue weighted by Gasteiger charge is -2.17. The van der Waals surface area contributed by atoms with Gasteiger partial charge < -0.3 is 5.32 Å². The quantitative estimate of drug-likeness (QED) is 0.779. The van der Waals surface area contributed by atoms with Crippen LogP contribution in [0.5, 0.6) is 0 Å². The molecule has 0 saturated carbocycles. The minimum absolute atomic E-state index is 0.389. The third-order valence-corrected chi connectivity index (χ3v) is 3.82. The zero-order valence-electron chi connectivity index (χ0n) is 12.2. The van der Waals surface area contributed by atoms with Crippen LogP contribution >= 0.6 is 0 Å². The van der Waals surface area contributed by atoms with Gasteiger partial charge in [-0.15, -0.1) is 0 Å². The molecule has 2 aromatic heterocycles. The molecule has 0 aliphatic rings. The Kier molecular flexibility index (Phi) is 4.22. The van der Waals surface area contributed by atoms with Crippen LogP contribution in [0.3, 0.4) is 0 Å². The number of rotatable bonds is 5. The van der Waals surface area contributed by atoms with Gasteiger partial charge in [-0.1, -0.05) is 24.3 Å². The van der Waals surface area contributed by atoms with Gasteiger partial charge in [0.25, 0.3) is 0 Å². The molecule has 0 bridgehead atoms. The Balaban J connectivity index is 1.82. The fourth-order valence-corrected chi connectivity index (χ4v) is 2.68. The second kappa shape index (κ2) is 6.46. The first-order valence-electron chi connectivity index (χ1n) is 7.25. The molecule has 1 atom stereocenters. The van der Waals surface area contributed by atoms with Crippen molar-refractivity contribution in [2.24, 2.45) is 0 Å². The summed E-state index contributed by atoms with van der Waals surface area (Å²) >= 11 is 0. The van der Waals surface area contributed by atoms with Crippen LogP contribution in [-0.4, -0.2) is 23.1 Å². The number of nitrogens with one attached hydrogen (secondary N) is 1. The molecule has 1 unspecified atom stereocenters. The molecule has 0 aliphatic heterocycles. The monoisotopic (exact) mass is 277 g/mol. The van der Waals surface area contributed by atoms with Crippen molar-refractivity contribution in [3.63, 3.8) is 0 Å². The van der Waals surface area contributed by atoms with E-state index in [2.05, 4.69) is 45.6 Å². The Bertz CT molecular complexity index is 704.